The van der Waals surface area contributed by atoms with Gasteiger partial charge in [-0.3, -0.25) is 4.98 Å². The molecule has 2 aromatic carbocycles. The lowest BCUT2D eigenvalue weighted by Crippen LogP contribution is -2.29. The predicted molar refractivity (Wildman–Crippen MR) is 125 cm³/mol. The molecule has 1 aliphatic rings. The number of alkyl halides is 3. The number of aryl methyl sites for hydroxylation is 1. The molecule has 5 nitrogen and oxygen atoms in total. The Kier molecular flexibility index (Phi) is 6.60. The first kappa shape index (κ1) is 24.7. The highest BCUT2D eigenvalue weighted by molar-refractivity contribution is 5.90. The highest BCUT2D eigenvalue weighted by atomic mass is 19.4. The van der Waals surface area contributed by atoms with Crippen molar-refractivity contribution < 1.29 is 32.5 Å². The molecule has 0 radical (unpaired) electrons. The van der Waals surface area contributed by atoms with E-state index in [1.165, 1.54) is 18.5 Å². The maximum absolute atomic E-state index is 14.3. The zero-order valence-electron chi connectivity index (χ0n) is 19.6. The summed E-state index contributed by atoms with van der Waals surface area (Å²) in [5.74, 6) is -0.820. The van der Waals surface area contributed by atoms with E-state index in [0.717, 1.165) is 18.1 Å². The van der Waals surface area contributed by atoms with E-state index in [2.05, 4.69) is 4.98 Å². The first-order valence-electron chi connectivity index (χ1n) is 11.3. The number of carboxylic acids is 1. The maximum atomic E-state index is 14.3. The third kappa shape index (κ3) is 5.32. The lowest BCUT2D eigenvalue weighted by Gasteiger charge is -2.30. The van der Waals surface area contributed by atoms with Gasteiger partial charge in [-0.15, -0.1) is 0 Å². The second-order valence-electron chi connectivity index (χ2n) is 9.41. The molecule has 0 amide bonds. The molecule has 1 aromatic heterocycles. The number of rotatable bonds is 5. The summed E-state index contributed by atoms with van der Waals surface area (Å²) in [6.07, 6.45) is -2.07. The van der Waals surface area contributed by atoms with E-state index >= 15 is 0 Å². The molecule has 2 heterocycles. The molecular weight excluding hydrogens is 459 g/mol. The molecule has 0 spiro atoms. The average molecular weight is 486 g/mol. The first-order valence-corrected chi connectivity index (χ1v) is 11.3. The van der Waals surface area contributed by atoms with E-state index in [0.29, 0.717) is 35.5 Å². The molecule has 35 heavy (non-hydrogen) atoms. The van der Waals surface area contributed by atoms with Crippen molar-refractivity contribution >= 4 is 5.97 Å². The number of pyridine rings is 1. The van der Waals surface area contributed by atoms with Crippen LogP contribution in [0.15, 0.2) is 54.9 Å². The fourth-order valence-corrected chi connectivity index (χ4v) is 4.32. The Labute approximate surface area is 201 Å². The van der Waals surface area contributed by atoms with Gasteiger partial charge in [-0.1, -0.05) is 12.1 Å². The number of ether oxygens (including phenoxy) is 2. The van der Waals surface area contributed by atoms with Gasteiger partial charge >= 0.3 is 12.1 Å². The molecular formula is C27H26F3NO4. The van der Waals surface area contributed by atoms with Crippen molar-refractivity contribution in [1.29, 1.82) is 0 Å². The molecule has 8 heteroatoms. The molecule has 0 fully saturated rings. The topological polar surface area (TPSA) is 68.7 Å². The number of hydrogen-bond acceptors (Lipinski definition) is 4. The molecule has 0 saturated heterocycles. The summed E-state index contributed by atoms with van der Waals surface area (Å²) >= 11 is 0. The molecule has 1 unspecified atom stereocenters. The van der Waals surface area contributed by atoms with Crippen LogP contribution in [0, 0.1) is 0 Å². The summed E-state index contributed by atoms with van der Waals surface area (Å²) < 4.78 is 54.4. The monoisotopic (exact) mass is 485 g/mol. The van der Waals surface area contributed by atoms with E-state index in [9.17, 15) is 23.1 Å². The van der Waals surface area contributed by atoms with Gasteiger partial charge in [0.2, 0.25) is 0 Å². The summed E-state index contributed by atoms with van der Waals surface area (Å²) in [4.78, 5) is 16.4. The number of benzene rings is 2. The standard InChI is InChI=1S/C27H26F3NO4/c1-26(2,3)35-24(25(32)33)23-20(27(28,29)30)8-7-19(16-10-12-31-13-11-16)22(23)18-6-9-21-17(15-18)5-4-14-34-21/h6-13,15,24H,4-5,14H2,1-3H3,(H,32,33). The Morgan fingerprint density at radius 2 is 1.77 bits per heavy atom. The SMILES string of the molecule is CC(C)(C)OC(C(=O)O)c1c(C(F)(F)F)ccc(-c2ccncc2)c1-c1ccc2c(c1)CCCO2. The number of aliphatic carboxylic acids is 1. The van der Waals surface area contributed by atoms with Gasteiger partial charge in [0.25, 0.3) is 0 Å². The van der Waals surface area contributed by atoms with Crippen LogP contribution in [0.2, 0.25) is 0 Å². The first-order chi connectivity index (χ1) is 16.5. The molecule has 0 aliphatic carbocycles. The Morgan fingerprint density at radius 1 is 1.06 bits per heavy atom. The smallest absolute Gasteiger partial charge is 0.416 e. The predicted octanol–water partition coefficient (Wildman–Crippen LogP) is 6.70. The minimum atomic E-state index is -4.80. The second-order valence-corrected chi connectivity index (χ2v) is 9.41. The van der Waals surface area contributed by atoms with Crippen LogP contribution < -0.4 is 4.74 Å². The average Bonchev–Trinajstić information content (AvgIpc) is 2.80. The van der Waals surface area contributed by atoms with Gasteiger partial charge in [0, 0.05) is 18.0 Å². The van der Waals surface area contributed by atoms with Gasteiger partial charge in [0.05, 0.1) is 17.8 Å². The number of fused-ring (bicyclic) bond motifs is 1. The van der Waals surface area contributed by atoms with E-state index in [1.807, 2.05) is 0 Å². The van der Waals surface area contributed by atoms with E-state index in [1.54, 1.807) is 51.1 Å². The number of carboxylic acid groups (broad SMARTS) is 1. The van der Waals surface area contributed by atoms with Gasteiger partial charge in [-0.2, -0.15) is 13.2 Å². The molecule has 0 saturated carbocycles. The normalized spacial score (nSPS) is 14.7. The second kappa shape index (κ2) is 9.34. The van der Waals surface area contributed by atoms with Crippen LogP contribution in [0.5, 0.6) is 5.75 Å². The summed E-state index contributed by atoms with van der Waals surface area (Å²) in [7, 11) is 0. The summed E-state index contributed by atoms with van der Waals surface area (Å²) in [6, 6.07) is 10.8. The van der Waals surface area contributed by atoms with Gasteiger partial charge in [0.15, 0.2) is 6.10 Å². The minimum Gasteiger partial charge on any atom is -0.493 e. The molecule has 1 aliphatic heterocycles. The molecule has 1 N–H and O–H groups in total. The van der Waals surface area contributed by atoms with Gasteiger partial charge < -0.3 is 14.6 Å². The summed E-state index contributed by atoms with van der Waals surface area (Å²) in [6.45, 7) is 5.40. The van der Waals surface area contributed by atoms with Crippen LogP contribution in [0.4, 0.5) is 13.2 Å². The van der Waals surface area contributed by atoms with Crippen LogP contribution in [0.3, 0.4) is 0 Å². The number of nitrogens with zero attached hydrogens (tertiary/aromatic N) is 1. The zero-order chi connectivity index (χ0) is 25.4. The molecule has 184 valence electrons. The van der Waals surface area contributed by atoms with Gasteiger partial charge in [-0.25, -0.2) is 4.79 Å². The number of aromatic nitrogens is 1. The molecule has 3 aromatic rings. The van der Waals surface area contributed by atoms with Gasteiger partial charge in [0.1, 0.15) is 5.75 Å². The highest BCUT2D eigenvalue weighted by Gasteiger charge is 2.41. The van der Waals surface area contributed by atoms with E-state index in [4.69, 9.17) is 9.47 Å². The van der Waals surface area contributed by atoms with Crippen LogP contribution in [-0.4, -0.2) is 28.3 Å². The zero-order valence-corrected chi connectivity index (χ0v) is 19.6. The Balaban J connectivity index is 2.10. The largest absolute Gasteiger partial charge is 0.493 e. The fourth-order valence-electron chi connectivity index (χ4n) is 4.32. The lowest BCUT2D eigenvalue weighted by atomic mass is 9.84. The van der Waals surface area contributed by atoms with E-state index in [-0.39, 0.29) is 5.56 Å². The van der Waals surface area contributed by atoms with Crippen LogP contribution in [-0.2, 0) is 22.1 Å². The van der Waals surface area contributed by atoms with Crippen molar-refractivity contribution in [3.8, 4) is 28.0 Å². The third-order valence-corrected chi connectivity index (χ3v) is 5.70. The van der Waals surface area contributed by atoms with Crippen molar-refractivity contribution in [3.63, 3.8) is 0 Å². The quantitative estimate of drug-likeness (QED) is 0.436. The van der Waals surface area contributed by atoms with Crippen molar-refractivity contribution in [3.05, 3.63) is 71.5 Å². The van der Waals surface area contributed by atoms with Crippen LogP contribution in [0.1, 0.15) is 50.0 Å². The molecule has 0 bridgehead atoms. The van der Waals surface area contributed by atoms with Crippen molar-refractivity contribution in [2.75, 3.05) is 6.61 Å². The van der Waals surface area contributed by atoms with Crippen molar-refractivity contribution in [2.45, 2.75) is 51.5 Å². The highest BCUT2D eigenvalue weighted by Crippen LogP contribution is 2.47. The van der Waals surface area contributed by atoms with Gasteiger partial charge in [-0.05, 0) is 91.8 Å². The Hall–Kier alpha value is -3.39. The molecule has 4 rings (SSSR count). The minimum absolute atomic E-state index is 0.163. The van der Waals surface area contributed by atoms with E-state index < -0.39 is 35.0 Å². The Morgan fingerprint density at radius 3 is 2.40 bits per heavy atom. The summed E-state index contributed by atoms with van der Waals surface area (Å²) in [5.41, 5.74) is 0.0689. The van der Waals surface area contributed by atoms with Crippen LogP contribution >= 0.6 is 0 Å². The number of hydrogen-bond donors (Lipinski definition) is 1. The fraction of sp³-hybridized carbons (Fsp3) is 0.333. The maximum Gasteiger partial charge on any atom is 0.416 e. The van der Waals surface area contributed by atoms with Crippen molar-refractivity contribution in [1.82, 2.24) is 4.98 Å². The number of carbonyl (C=O) groups is 1. The molecule has 1 atom stereocenters. The van der Waals surface area contributed by atoms with Crippen LogP contribution in [0.25, 0.3) is 22.3 Å². The lowest BCUT2D eigenvalue weighted by molar-refractivity contribution is -0.163. The van der Waals surface area contributed by atoms with Crippen molar-refractivity contribution in [2.24, 2.45) is 0 Å². The Bertz CT molecular complexity index is 1230. The summed E-state index contributed by atoms with van der Waals surface area (Å²) in [5, 5.41) is 10.1. The third-order valence-electron chi connectivity index (χ3n) is 5.70. The number of halogens is 3.